The Bertz CT molecular complexity index is 720. The molecular weight excluding hydrogens is 310 g/mol. The third kappa shape index (κ3) is 3.96. The standard InChI is InChI=1S/C16H19N5O3/c1-20-11-14(18-19-20)16(23)17-13-4-2-12(3-5-13)10-15(22)21-6-8-24-9-7-21/h2-5,11H,6-10H2,1H3,(H,17,23). The number of nitrogens with one attached hydrogen (secondary N) is 1. The lowest BCUT2D eigenvalue weighted by Crippen LogP contribution is -2.41. The second kappa shape index (κ2) is 7.22. The molecule has 0 unspecified atom stereocenters. The number of aromatic nitrogens is 3. The zero-order valence-electron chi connectivity index (χ0n) is 13.4. The maximum Gasteiger partial charge on any atom is 0.277 e. The van der Waals surface area contributed by atoms with Gasteiger partial charge in [-0.3, -0.25) is 14.3 Å². The van der Waals surface area contributed by atoms with Gasteiger partial charge >= 0.3 is 0 Å². The first kappa shape index (κ1) is 16.1. The third-order valence-corrected chi connectivity index (χ3v) is 3.77. The van der Waals surface area contributed by atoms with E-state index in [9.17, 15) is 9.59 Å². The van der Waals surface area contributed by atoms with Gasteiger partial charge in [0.25, 0.3) is 5.91 Å². The second-order valence-corrected chi connectivity index (χ2v) is 5.60. The first-order valence-electron chi connectivity index (χ1n) is 7.74. The summed E-state index contributed by atoms with van der Waals surface area (Å²) in [5.41, 5.74) is 1.81. The van der Waals surface area contributed by atoms with Crippen molar-refractivity contribution in [3.8, 4) is 0 Å². The highest BCUT2D eigenvalue weighted by atomic mass is 16.5. The van der Waals surface area contributed by atoms with Gasteiger partial charge < -0.3 is 15.0 Å². The van der Waals surface area contributed by atoms with Gasteiger partial charge in [0.1, 0.15) is 0 Å². The van der Waals surface area contributed by atoms with E-state index in [1.54, 1.807) is 25.4 Å². The molecule has 2 heterocycles. The number of hydrogen-bond donors (Lipinski definition) is 1. The normalized spacial score (nSPS) is 14.5. The Morgan fingerprint density at radius 1 is 1.21 bits per heavy atom. The van der Waals surface area contributed by atoms with Gasteiger partial charge in [0.05, 0.1) is 25.8 Å². The highest BCUT2D eigenvalue weighted by Gasteiger charge is 2.17. The van der Waals surface area contributed by atoms with Crippen LogP contribution in [-0.4, -0.2) is 58.0 Å². The average molecular weight is 329 g/mol. The molecule has 1 aliphatic heterocycles. The molecule has 1 N–H and O–H groups in total. The number of carbonyl (C=O) groups excluding carboxylic acids is 2. The van der Waals surface area contributed by atoms with Crippen molar-refractivity contribution in [1.82, 2.24) is 19.9 Å². The van der Waals surface area contributed by atoms with Crippen LogP contribution in [0, 0.1) is 0 Å². The predicted octanol–water partition coefficient (Wildman–Crippen LogP) is 0.469. The molecule has 1 aromatic carbocycles. The van der Waals surface area contributed by atoms with Gasteiger partial charge in [0.2, 0.25) is 5.91 Å². The smallest absolute Gasteiger partial charge is 0.277 e. The summed E-state index contributed by atoms with van der Waals surface area (Å²) in [6, 6.07) is 7.22. The Kier molecular flexibility index (Phi) is 4.85. The number of nitrogens with zero attached hydrogens (tertiary/aromatic N) is 4. The van der Waals surface area contributed by atoms with Crippen LogP contribution in [0.25, 0.3) is 0 Å². The fraction of sp³-hybridized carbons (Fsp3) is 0.375. The van der Waals surface area contributed by atoms with Crippen LogP contribution in [-0.2, 0) is 23.0 Å². The summed E-state index contributed by atoms with van der Waals surface area (Å²) in [6.45, 7) is 2.48. The molecule has 1 aliphatic rings. The van der Waals surface area contributed by atoms with E-state index in [4.69, 9.17) is 4.74 Å². The van der Waals surface area contributed by atoms with Crippen molar-refractivity contribution >= 4 is 17.5 Å². The van der Waals surface area contributed by atoms with Crippen LogP contribution in [0.2, 0.25) is 0 Å². The average Bonchev–Trinajstić information content (AvgIpc) is 3.04. The van der Waals surface area contributed by atoms with Crippen molar-refractivity contribution < 1.29 is 14.3 Å². The van der Waals surface area contributed by atoms with Crippen molar-refractivity contribution in [2.45, 2.75) is 6.42 Å². The number of carbonyl (C=O) groups is 2. The van der Waals surface area contributed by atoms with Gasteiger partial charge in [-0.15, -0.1) is 5.10 Å². The van der Waals surface area contributed by atoms with E-state index < -0.39 is 0 Å². The molecule has 0 aliphatic carbocycles. The molecule has 0 radical (unpaired) electrons. The van der Waals surface area contributed by atoms with E-state index in [0.717, 1.165) is 5.56 Å². The van der Waals surface area contributed by atoms with Crippen molar-refractivity contribution in [2.75, 3.05) is 31.6 Å². The predicted molar refractivity (Wildman–Crippen MR) is 86.5 cm³/mol. The molecule has 0 atom stereocenters. The molecule has 2 aromatic rings. The lowest BCUT2D eigenvalue weighted by atomic mass is 10.1. The van der Waals surface area contributed by atoms with Gasteiger partial charge in [0, 0.05) is 25.8 Å². The molecule has 0 bridgehead atoms. The summed E-state index contributed by atoms with van der Waals surface area (Å²) in [5.74, 6) is -0.227. The second-order valence-electron chi connectivity index (χ2n) is 5.60. The summed E-state index contributed by atoms with van der Waals surface area (Å²) in [4.78, 5) is 26.0. The molecule has 1 saturated heterocycles. The number of aryl methyl sites for hydroxylation is 1. The first-order chi connectivity index (χ1) is 11.6. The molecule has 3 rings (SSSR count). The van der Waals surface area contributed by atoms with Gasteiger partial charge in [-0.2, -0.15) is 0 Å². The number of hydrogen-bond acceptors (Lipinski definition) is 5. The Morgan fingerprint density at radius 3 is 2.54 bits per heavy atom. The van der Waals surface area contributed by atoms with Crippen LogP contribution in [0.5, 0.6) is 0 Å². The summed E-state index contributed by atoms with van der Waals surface area (Å²) in [7, 11) is 1.70. The van der Waals surface area contributed by atoms with E-state index in [1.165, 1.54) is 4.68 Å². The zero-order chi connectivity index (χ0) is 16.9. The van der Waals surface area contributed by atoms with Crippen LogP contribution in [0.1, 0.15) is 16.1 Å². The van der Waals surface area contributed by atoms with Gasteiger partial charge in [0.15, 0.2) is 5.69 Å². The molecule has 8 heteroatoms. The third-order valence-electron chi connectivity index (χ3n) is 3.77. The Morgan fingerprint density at radius 2 is 1.92 bits per heavy atom. The number of benzene rings is 1. The number of ether oxygens (including phenoxy) is 1. The topological polar surface area (TPSA) is 89.4 Å². The van der Waals surface area contributed by atoms with E-state index in [0.29, 0.717) is 38.4 Å². The minimum atomic E-state index is -0.319. The van der Waals surface area contributed by atoms with Crippen molar-refractivity contribution in [3.05, 3.63) is 41.7 Å². The Balaban J connectivity index is 1.56. The van der Waals surface area contributed by atoms with Gasteiger partial charge in [-0.1, -0.05) is 17.3 Å². The van der Waals surface area contributed by atoms with Gasteiger partial charge in [-0.25, -0.2) is 0 Å². The minimum absolute atomic E-state index is 0.0923. The summed E-state index contributed by atoms with van der Waals surface area (Å²) in [5, 5.41) is 10.2. The SMILES string of the molecule is Cn1cc(C(=O)Nc2ccc(CC(=O)N3CCOCC3)cc2)nn1. The highest BCUT2D eigenvalue weighted by molar-refractivity contribution is 6.02. The molecule has 0 spiro atoms. The van der Waals surface area contributed by atoms with Crippen LogP contribution in [0.15, 0.2) is 30.5 Å². The van der Waals surface area contributed by atoms with E-state index in [2.05, 4.69) is 15.6 Å². The molecule has 0 saturated carbocycles. The van der Waals surface area contributed by atoms with Crippen molar-refractivity contribution in [2.24, 2.45) is 7.05 Å². The summed E-state index contributed by atoms with van der Waals surface area (Å²) >= 11 is 0. The van der Waals surface area contributed by atoms with E-state index in [-0.39, 0.29) is 17.5 Å². The zero-order valence-corrected chi connectivity index (χ0v) is 13.4. The number of rotatable bonds is 4. The number of anilines is 1. The molecule has 8 nitrogen and oxygen atoms in total. The van der Waals surface area contributed by atoms with Crippen molar-refractivity contribution in [3.63, 3.8) is 0 Å². The first-order valence-corrected chi connectivity index (χ1v) is 7.74. The molecule has 24 heavy (non-hydrogen) atoms. The molecule has 126 valence electrons. The fourth-order valence-corrected chi connectivity index (χ4v) is 2.45. The Hall–Kier alpha value is -2.74. The summed E-state index contributed by atoms with van der Waals surface area (Å²) in [6.07, 6.45) is 1.89. The van der Waals surface area contributed by atoms with Crippen molar-refractivity contribution in [1.29, 1.82) is 0 Å². The lowest BCUT2D eigenvalue weighted by Gasteiger charge is -2.26. The minimum Gasteiger partial charge on any atom is -0.378 e. The van der Waals surface area contributed by atoms with Crippen LogP contribution < -0.4 is 5.32 Å². The van der Waals surface area contributed by atoms with E-state index in [1.807, 2.05) is 17.0 Å². The van der Waals surface area contributed by atoms with Crippen LogP contribution >= 0.6 is 0 Å². The molecule has 1 aromatic heterocycles. The highest BCUT2D eigenvalue weighted by Crippen LogP contribution is 2.12. The monoisotopic (exact) mass is 329 g/mol. The number of amides is 2. The quantitative estimate of drug-likeness (QED) is 0.881. The molecule has 1 fully saturated rings. The van der Waals surface area contributed by atoms with E-state index >= 15 is 0 Å². The Labute approximate surface area is 139 Å². The molecule has 2 amide bonds. The van der Waals surface area contributed by atoms with Crippen LogP contribution in [0.3, 0.4) is 0 Å². The maximum absolute atomic E-state index is 12.2. The van der Waals surface area contributed by atoms with Gasteiger partial charge in [-0.05, 0) is 17.7 Å². The summed E-state index contributed by atoms with van der Waals surface area (Å²) < 4.78 is 6.71. The lowest BCUT2D eigenvalue weighted by molar-refractivity contribution is -0.134. The fourth-order valence-electron chi connectivity index (χ4n) is 2.45. The number of morpholine rings is 1. The largest absolute Gasteiger partial charge is 0.378 e. The maximum atomic E-state index is 12.2. The van der Waals surface area contributed by atoms with Crippen LogP contribution in [0.4, 0.5) is 5.69 Å². The molecular formula is C16H19N5O3.